The van der Waals surface area contributed by atoms with E-state index in [-0.39, 0.29) is 11.5 Å². The Kier molecular flexibility index (Phi) is 6.01. The van der Waals surface area contributed by atoms with Gasteiger partial charge in [0.1, 0.15) is 11.9 Å². The molecule has 0 saturated heterocycles. The Morgan fingerprint density at radius 1 is 1.45 bits per heavy atom. The number of halogens is 1. The minimum atomic E-state index is -1.07. The summed E-state index contributed by atoms with van der Waals surface area (Å²) in [4.78, 5) is 23.6. The van der Waals surface area contributed by atoms with Crippen molar-refractivity contribution in [2.75, 3.05) is 6.26 Å². The lowest BCUT2D eigenvalue weighted by Gasteiger charge is -2.20. The van der Waals surface area contributed by atoms with E-state index in [1.807, 2.05) is 6.92 Å². The number of hydrogen-bond donors (Lipinski definition) is 2. The molecule has 0 radical (unpaired) electrons. The monoisotopic (exact) mass is 299 g/mol. The molecule has 0 aromatic heterocycles. The third-order valence-corrected chi connectivity index (χ3v) is 3.93. The zero-order valence-electron chi connectivity index (χ0n) is 11.6. The Morgan fingerprint density at radius 3 is 2.60 bits per heavy atom. The molecule has 0 aliphatic carbocycles. The first-order chi connectivity index (χ1) is 9.40. The molecule has 2 atom stereocenters. The van der Waals surface area contributed by atoms with E-state index in [4.69, 9.17) is 5.11 Å². The van der Waals surface area contributed by atoms with Crippen molar-refractivity contribution in [3.05, 3.63) is 29.6 Å². The maximum Gasteiger partial charge on any atom is 0.326 e. The first-order valence-corrected chi connectivity index (χ1v) is 7.50. The van der Waals surface area contributed by atoms with Crippen LogP contribution in [0.3, 0.4) is 0 Å². The van der Waals surface area contributed by atoms with Crippen LogP contribution in [0.4, 0.5) is 4.39 Å². The van der Waals surface area contributed by atoms with Crippen LogP contribution in [0.5, 0.6) is 0 Å². The topological polar surface area (TPSA) is 66.4 Å². The second kappa shape index (κ2) is 7.28. The normalized spacial score (nSPS) is 13.6. The standard InChI is InChI=1S/C14H18FNO3S/c1-4-8(2)12(14(18)19)16-13(17)9-5-6-10(15)11(7-9)20-3/h5-8,12H,4H2,1-3H3,(H,16,17)(H,18,19). The van der Waals surface area contributed by atoms with Gasteiger partial charge < -0.3 is 10.4 Å². The number of hydrogen-bond acceptors (Lipinski definition) is 3. The summed E-state index contributed by atoms with van der Waals surface area (Å²) in [7, 11) is 0. The first kappa shape index (κ1) is 16.5. The van der Waals surface area contributed by atoms with E-state index in [9.17, 15) is 14.0 Å². The predicted molar refractivity (Wildman–Crippen MR) is 76.5 cm³/mol. The number of benzene rings is 1. The van der Waals surface area contributed by atoms with Crippen molar-refractivity contribution in [3.63, 3.8) is 0 Å². The van der Waals surface area contributed by atoms with Crippen LogP contribution < -0.4 is 5.32 Å². The highest BCUT2D eigenvalue weighted by atomic mass is 32.2. The molecular weight excluding hydrogens is 281 g/mol. The van der Waals surface area contributed by atoms with Gasteiger partial charge in [-0.3, -0.25) is 4.79 Å². The highest BCUT2D eigenvalue weighted by molar-refractivity contribution is 7.98. The number of aliphatic carboxylic acids is 1. The van der Waals surface area contributed by atoms with Crippen molar-refractivity contribution in [3.8, 4) is 0 Å². The van der Waals surface area contributed by atoms with Crippen LogP contribution in [0.2, 0.25) is 0 Å². The lowest BCUT2D eigenvalue weighted by Crippen LogP contribution is -2.45. The lowest BCUT2D eigenvalue weighted by atomic mass is 9.99. The molecule has 0 fully saturated rings. The minimum Gasteiger partial charge on any atom is -0.480 e. The van der Waals surface area contributed by atoms with Crippen molar-refractivity contribution in [1.82, 2.24) is 5.32 Å². The van der Waals surface area contributed by atoms with Gasteiger partial charge in [-0.15, -0.1) is 11.8 Å². The van der Waals surface area contributed by atoms with Crippen molar-refractivity contribution >= 4 is 23.6 Å². The van der Waals surface area contributed by atoms with Gasteiger partial charge in [-0.2, -0.15) is 0 Å². The fourth-order valence-corrected chi connectivity index (χ4v) is 2.22. The SMILES string of the molecule is CCC(C)C(NC(=O)c1ccc(F)c(SC)c1)C(=O)O. The fourth-order valence-electron chi connectivity index (χ4n) is 1.71. The lowest BCUT2D eigenvalue weighted by molar-refractivity contribution is -0.140. The number of nitrogens with one attached hydrogen (secondary N) is 1. The maximum atomic E-state index is 13.4. The molecule has 110 valence electrons. The number of carbonyl (C=O) groups is 2. The van der Waals surface area contributed by atoms with E-state index >= 15 is 0 Å². The molecular formula is C14H18FNO3S. The van der Waals surface area contributed by atoms with Crippen molar-refractivity contribution in [2.24, 2.45) is 5.92 Å². The van der Waals surface area contributed by atoms with Gasteiger partial charge in [0.15, 0.2) is 0 Å². The third kappa shape index (κ3) is 3.96. The van der Waals surface area contributed by atoms with E-state index in [2.05, 4.69) is 5.32 Å². The number of carboxylic acid groups (broad SMARTS) is 1. The average Bonchev–Trinajstić information content (AvgIpc) is 2.43. The summed E-state index contributed by atoms with van der Waals surface area (Å²) in [5, 5.41) is 11.6. The zero-order valence-corrected chi connectivity index (χ0v) is 12.5. The molecule has 0 aliphatic rings. The Morgan fingerprint density at radius 2 is 2.10 bits per heavy atom. The molecule has 4 nitrogen and oxygen atoms in total. The maximum absolute atomic E-state index is 13.4. The molecule has 1 aromatic carbocycles. The van der Waals surface area contributed by atoms with Crippen molar-refractivity contribution in [1.29, 1.82) is 0 Å². The summed E-state index contributed by atoms with van der Waals surface area (Å²) >= 11 is 1.19. The van der Waals surface area contributed by atoms with Crippen LogP contribution >= 0.6 is 11.8 Å². The minimum absolute atomic E-state index is 0.183. The summed E-state index contributed by atoms with van der Waals surface area (Å²) < 4.78 is 13.4. The fraction of sp³-hybridized carbons (Fsp3) is 0.429. The third-order valence-electron chi connectivity index (χ3n) is 3.18. The molecule has 0 spiro atoms. The van der Waals surface area contributed by atoms with Gasteiger partial charge in [-0.05, 0) is 30.4 Å². The Balaban J connectivity index is 2.92. The van der Waals surface area contributed by atoms with E-state index in [0.29, 0.717) is 11.3 Å². The second-order valence-electron chi connectivity index (χ2n) is 4.52. The summed E-state index contributed by atoms with van der Waals surface area (Å²) in [6.45, 7) is 3.62. The summed E-state index contributed by atoms with van der Waals surface area (Å²) in [6, 6.07) is 3.03. The Labute approximate surface area is 121 Å². The van der Waals surface area contributed by atoms with Gasteiger partial charge in [0.05, 0.1) is 0 Å². The molecule has 20 heavy (non-hydrogen) atoms. The molecule has 0 aliphatic heterocycles. The highest BCUT2D eigenvalue weighted by Crippen LogP contribution is 2.20. The molecule has 6 heteroatoms. The smallest absolute Gasteiger partial charge is 0.326 e. The van der Waals surface area contributed by atoms with E-state index in [1.165, 1.54) is 30.0 Å². The van der Waals surface area contributed by atoms with Crippen molar-refractivity contribution < 1.29 is 19.1 Å². The molecule has 0 heterocycles. The van der Waals surface area contributed by atoms with Crippen LogP contribution in [0.1, 0.15) is 30.6 Å². The first-order valence-electron chi connectivity index (χ1n) is 6.27. The number of thioether (sulfide) groups is 1. The largest absolute Gasteiger partial charge is 0.480 e. The quantitative estimate of drug-likeness (QED) is 0.793. The zero-order chi connectivity index (χ0) is 15.3. The van der Waals surface area contributed by atoms with Crippen LogP contribution in [-0.4, -0.2) is 29.3 Å². The van der Waals surface area contributed by atoms with Gasteiger partial charge in [-0.1, -0.05) is 20.3 Å². The van der Waals surface area contributed by atoms with Crippen LogP contribution in [0, 0.1) is 11.7 Å². The number of carboxylic acids is 1. The number of rotatable bonds is 6. The van der Waals surface area contributed by atoms with Crippen molar-refractivity contribution in [2.45, 2.75) is 31.2 Å². The average molecular weight is 299 g/mol. The highest BCUT2D eigenvalue weighted by Gasteiger charge is 2.25. The van der Waals surface area contributed by atoms with Crippen LogP contribution in [0.15, 0.2) is 23.1 Å². The van der Waals surface area contributed by atoms with E-state index in [1.54, 1.807) is 13.2 Å². The molecule has 1 rings (SSSR count). The van der Waals surface area contributed by atoms with Gasteiger partial charge in [0.25, 0.3) is 5.91 Å². The van der Waals surface area contributed by atoms with Gasteiger partial charge in [-0.25, -0.2) is 9.18 Å². The summed E-state index contributed by atoms with van der Waals surface area (Å²) in [6.07, 6.45) is 2.34. The molecule has 2 N–H and O–H groups in total. The second-order valence-corrected chi connectivity index (χ2v) is 5.37. The number of amides is 1. The molecule has 0 bridgehead atoms. The summed E-state index contributed by atoms with van der Waals surface area (Å²) in [5.74, 6) is -2.16. The Bertz CT molecular complexity index is 507. The van der Waals surface area contributed by atoms with Gasteiger partial charge in [0, 0.05) is 10.5 Å². The molecule has 0 saturated carbocycles. The molecule has 1 amide bonds. The van der Waals surface area contributed by atoms with Crippen LogP contribution in [-0.2, 0) is 4.79 Å². The predicted octanol–water partition coefficient (Wildman–Crippen LogP) is 2.78. The summed E-state index contributed by atoms with van der Waals surface area (Å²) in [5.41, 5.74) is 0.255. The molecule has 2 unspecified atom stereocenters. The van der Waals surface area contributed by atoms with Crippen LogP contribution in [0.25, 0.3) is 0 Å². The molecule has 1 aromatic rings. The van der Waals surface area contributed by atoms with Gasteiger partial charge in [0.2, 0.25) is 0 Å². The Hall–Kier alpha value is -1.56. The number of carbonyl (C=O) groups excluding carboxylic acids is 1. The van der Waals surface area contributed by atoms with E-state index in [0.717, 1.165) is 0 Å². The van der Waals surface area contributed by atoms with E-state index < -0.39 is 23.7 Å². The van der Waals surface area contributed by atoms with Gasteiger partial charge >= 0.3 is 5.97 Å².